The zero-order chi connectivity index (χ0) is 109. The van der Waals surface area contributed by atoms with Gasteiger partial charge in [0.15, 0.2) is 11.2 Å². The van der Waals surface area contributed by atoms with Crippen molar-refractivity contribution in [1.82, 2.24) is 67.8 Å². The first-order chi connectivity index (χ1) is 72.7. The van der Waals surface area contributed by atoms with Crippen molar-refractivity contribution in [1.29, 1.82) is 0 Å². The van der Waals surface area contributed by atoms with Crippen molar-refractivity contribution in [3.63, 3.8) is 0 Å². The van der Waals surface area contributed by atoms with Gasteiger partial charge in [-0.25, -0.2) is 19.6 Å². The summed E-state index contributed by atoms with van der Waals surface area (Å²) >= 11 is 3.86. The zero-order valence-electron chi connectivity index (χ0n) is 85.0. The number of thiol groups is 1. The van der Waals surface area contributed by atoms with Crippen LogP contribution in [0, 0.1) is 0 Å². The number of carboxylic acid groups (broad SMARTS) is 4. The predicted octanol–water partition coefficient (Wildman–Crippen LogP) is -6.63. The van der Waals surface area contributed by atoms with E-state index in [1.54, 1.807) is 14.2 Å². The Hall–Kier alpha value is -10.5. The second-order valence-electron chi connectivity index (χ2n) is 31.3. The number of fused-ring (bicyclic) bond motifs is 1. The van der Waals surface area contributed by atoms with Crippen LogP contribution in [0.3, 0.4) is 0 Å². The normalized spacial score (nSPS) is 12.7. The minimum Gasteiger partial charge on any atom is -0.481 e. The number of aromatic amines is 1. The zero-order valence-corrected chi connectivity index (χ0v) is 85.9. The number of nitrogen functional groups attached to an aromatic ring is 1. The van der Waals surface area contributed by atoms with Gasteiger partial charge in [0, 0.05) is 70.1 Å². The second kappa shape index (κ2) is 90.1. The Morgan fingerprint density at radius 2 is 0.653 bits per heavy atom. The van der Waals surface area contributed by atoms with Crippen LogP contribution in [0.5, 0.6) is 0 Å². The number of nitrogens with two attached hydrogens (primary N) is 2. The van der Waals surface area contributed by atoms with Gasteiger partial charge in [-0.3, -0.25) is 62.5 Å². The molecular weight excluding hydrogens is 2020 g/mol. The molecule has 0 spiro atoms. The first kappa shape index (κ1) is 134. The van der Waals surface area contributed by atoms with E-state index >= 15 is 0 Å². The first-order valence-electron chi connectivity index (χ1n) is 48.7. The lowest BCUT2D eigenvalue weighted by molar-refractivity contribution is -0.143. The fourth-order valence-electron chi connectivity index (χ4n) is 11.7. The number of ether oxygens (including phenoxy) is 24. The highest BCUT2D eigenvalue weighted by Gasteiger charge is 2.35. The fraction of sp³-hybridized carbons (Fsp3) is 0.725. The molecule has 0 aliphatic heterocycles. The third-order valence-electron chi connectivity index (χ3n) is 19.6. The van der Waals surface area contributed by atoms with Crippen LogP contribution >= 0.6 is 12.6 Å². The molecule has 1 aromatic carbocycles. The molecule has 0 radical (unpaired) electrons. The minimum atomic E-state index is -2.19. The number of H-pyrrole nitrogens is 1. The largest absolute Gasteiger partial charge is 0.481 e. The average Bonchev–Trinajstić information content (AvgIpc) is 0.808. The van der Waals surface area contributed by atoms with Crippen molar-refractivity contribution < 1.29 is 196 Å². The van der Waals surface area contributed by atoms with Crippen LogP contribution in [-0.2, 0) is 178 Å². The second-order valence-corrected chi connectivity index (χ2v) is 31.7. The van der Waals surface area contributed by atoms with Crippen molar-refractivity contribution in [2.24, 2.45) is 5.73 Å². The molecule has 19 N–H and O–H groups in total. The number of amides is 9. The summed E-state index contributed by atoms with van der Waals surface area (Å²) in [5.41, 5.74) is 11.8. The van der Waals surface area contributed by atoms with Gasteiger partial charge in [-0.05, 0) is 30.7 Å². The molecule has 2 aromatic heterocycles. The quantitative estimate of drug-likeness (QED) is 0.0185. The lowest BCUT2D eigenvalue weighted by Crippen LogP contribution is -2.61. The molecule has 3 rings (SSSR count). The smallest absolute Gasteiger partial charge is 0.327 e. The van der Waals surface area contributed by atoms with Crippen molar-refractivity contribution in [2.45, 2.75) is 87.4 Å². The molecule has 854 valence electrons. The average molecular weight is 2170 g/mol. The number of rotatable bonds is 103. The maximum Gasteiger partial charge on any atom is 0.327 e. The third kappa shape index (κ3) is 71.3. The molecule has 0 aliphatic carbocycles. The molecule has 0 fully saturated rings. The number of nitrogens with one attached hydrogen (secondary N) is 11. The van der Waals surface area contributed by atoms with Crippen molar-refractivity contribution in [3.8, 4) is 0 Å². The van der Waals surface area contributed by atoms with Gasteiger partial charge in [-0.2, -0.15) is 17.6 Å². The molecule has 7 atom stereocenters. The van der Waals surface area contributed by atoms with Gasteiger partial charge >= 0.3 is 23.9 Å². The van der Waals surface area contributed by atoms with E-state index < -0.39 is 176 Å². The minimum absolute atomic E-state index is 0.00145. The van der Waals surface area contributed by atoms with Crippen LogP contribution in [0.2, 0.25) is 0 Å². The number of carbonyl (C=O) groups excluding carboxylic acids is 9. The standard InChI is InChI=1S/C91H152N16O42S/c1-126-13-15-130-21-23-134-29-31-138-37-39-142-45-47-146-53-55-148-51-49-144-43-41-140-35-33-136-27-25-132-19-17-128-11-9-75(108)95-62-72(84(117)98-61-68(92)83(116)102-70(57-78(111)112)86(119)105-74(64-150)90(124)125)104-85(118)71(58-79(113)114)103-87(120)73(100-77(110)8-7-69(89(122)123)101-82(115)65-3-5-66(6-4-65)94-59-67-60-97-81-80(99-67)88(121)107-91(93)106-81)63-96-76(109)10-12-129-18-20-133-26-28-137-34-36-141-42-44-145-50-52-149-56-54-147-48-46-143-40-38-139-32-30-135-24-22-131-16-14-127-2/h3-6,60,68-74,94,150H,7-59,61-64,92H2,1-2H3,(H,95,108)(H,96,109)(H,98,117)(H,100,110)(H,101,115)(H,102,116)(H,103,120)(H,104,118)(H,105,119)(H,111,112)(H,113,114)(H,122,123)(H,124,125)(H3,93,97,106,107,121)/t68-,69+,70-,71-,72-,73-,74-/m0/s1. The van der Waals surface area contributed by atoms with Gasteiger partial charge in [-0.1, -0.05) is 0 Å². The van der Waals surface area contributed by atoms with E-state index in [2.05, 4.69) is 80.4 Å². The maximum atomic E-state index is 14.5. The molecule has 0 saturated heterocycles. The summed E-state index contributed by atoms with van der Waals surface area (Å²) in [5, 5.41) is 62.6. The number of benzene rings is 1. The SMILES string of the molecule is COCCOCCOCCOCCOCCOCCOCCOCCOCCOCCOCCOCCC(=O)NC[C@H](NC(=O)CC[C@@H](NC(=O)c1ccc(NCc2cnc3nc(N)[nH]c(=O)c3n2)cc1)C(=O)O)C(=O)N[C@@H](CC(=O)O)C(=O)N[C@@H](CNC(=O)CCOCCOCCOCCOCCOCCOCCOCCOCCOCCOCCOCCOC)C(=O)NC[C@H](N)C(=O)N[C@@H](CC(=O)O)C(=O)N[C@@H](CS)C(=O)O. The lowest BCUT2D eigenvalue weighted by Gasteiger charge is -2.25. The van der Waals surface area contributed by atoms with E-state index in [0.717, 1.165) is 0 Å². The molecule has 2 heterocycles. The molecule has 0 bridgehead atoms. The third-order valence-corrected chi connectivity index (χ3v) is 19.9. The molecule has 3 aromatic rings. The Balaban J connectivity index is 1.57. The van der Waals surface area contributed by atoms with E-state index in [-0.39, 0.29) is 135 Å². The summed E-state index contributed by atoms with van der Waals surface area (Å²) in [6.45, 7) is 12.8. The van der Waals surface area contributed by atoms with E-state index in [4.69, 9.17) is 125 Å². The maximum absolute atomic E-state index is 14.5. The number of aromatic nitrogens is 4. The number of anilines is 2. The Labute approximate surface area is 872 Å². The summed E-state index contributed by atoms with van der Waals surface area (Å²) in [6.07, 6.45) is -3.08. The molecule has 58 nitrogen and oxygen atoms in total. The predicted molar refractivity (Wildman–Crippen MR) is 528 cm³/mol. The summed E-state index contributed by atoms with van der Waals surface area (Å²) in [4.78, 5) is 199. The van der Waals surface area contributed by atoms with Gasteiger partial charge in [0.25, 0.3) is 11.5 Å². The van der Waals surface area contributed by atoms with E-state index in [1.165, 1.54) is 30.5 Å². The summed E-state index contributed by atoms with van der Waals surface area (Å²) in [7, 11) is 3.22. The van der Waals surface area contributed by atoms with Gasteiger partial charge < -0.3 is 199 Å². The van der Waals surface area contributed by atoms with Crippen LogP contribution in [0.4, 0.5) is 11.6 Å². The Morgan fingerprint density at radius 3 is 0.980 bits per heavy atom. The summed E-state index contributed by atoms with van der Waals surface area (Å²) < 4.78 is 131. The fourth-order valence-corrected chi connectivity index (χ4v) is 12.0. The number of carbonyl (C=O) groups is 13. The molecule has 59 heteroatoms. The van der Waals surface area contributed by atoms with E-state index in [0.29, 0.717) is 223 Å². The van der Waals surface area contributed by atoms with Gasteiger partial charge in [0.1, 0.15) is 42.3 Å². The van der Waals surface area contributed by atoms with Crippen LogP contribution in [0.1, 0.15) is 54.6 Å². The van der Waals surface area contributed by atoms with Gasteiger partial charge in [0.05, 0.1) is 335 Å². The highest BCUT2D eigenvalue weighted by Crippen LogP contribution is 2.14. The van der Waals surface area contributed by atoms with Crippen molar-refractivity contribution in [2.75, 3.05) is 355 Å². The van der Waals surface area contributed by atoms with Crippen molar-refractivity contribution >= 4 is 112 Å². The summed E-state index contributed by atoms with van der Waals surface area (Å²) in [6, 6.07) is -7.57. The lowest BCUT2D eigenvalue weighted by atomic mass is 10.1. The highest BCUT2D eigenvalue weighted by atomic mass is 32.1. The Bertz CT molecular complexity index is 4250. The molecule has 150 heavy (non-hydrogen) atoms. The number of aliphatic carboxylic acids is 4. The van der Waals surface area contributed by atoms with Crippen LogP contribution in [0.15, 0.2) is 35.3 Å². The number of hydrogen-bond acceptors (Lipinski definition) is 45. The molecule has 0 saturated carbocycles. The van der Waals surface area contributed by atoms with E-state index in [9.17, 15) is 87.5 Å². The Morgan fingerprint density at radius 1 is 0.347 bits per heavy atom. The van der Waals surface area contributed by atoms with Gasteiger partial charge in [0.2, 0.25) is 53.2 Å². The number of hydrogen-bond donors (Lipinski definition) is 18. The summed E-state index contributed by atoms with van der Waals surface area (Å²) in [5.74, 6) is -17.3. The number of carboxylic acids is 4. The first-order valence-corrected chi connectivity index (χ1v) is 49.3. The number of methoxy groups -OCH3 is 2. The molecule has 0 unspecified atom stereocenters. The molecular formula is C91H152N16O42S. The van der Waals surface area contributed by atoms with Crippen LogP contribution in [-0.4, -0.2) is 503 Å². The van der Waals surface area contributed by atoms with Gasteiger partial charge in [-0.15, -0.1) is 0 Å². The molecule has 9 amide bonds. The van der Waals surface area contributed by atoms with Crippen LogP contribution in [0.25, 0.3) is 11.2 Å². The van der Waals surface area contributed by atoms with Crippen LogP contribution < -0.4 is 70.2 Å². The Kier molecular flexibility index (Phi) is 80.3. The topological polar surface area (TPSA) is 768 Å². The monoisotopic (exact) mass is 2170 g/mol. The van der Waals surface area contributed by atoms with E-state index in [1.807, 2.05) is 5.32 Å². The number of nitrogens with zero attached hydrogens (tertiary/aromatic N) is 3. The molecule has 0 aliphatic rings. The highest BCUT2D eigenvalue weighted by molar-refractivity contribution is 7.80. The van der Waals surface area contributed by atoms with Crippen molar-refractivity contribution in [3.05, 3.63) is 52.1 Å².